The predicted octanol–water partition coefficient (Wildman–Crippen LogP) is 9.65. The molecule has 6 aliphatic heterocycles. The number of hydrogen-bond acceptors (Lipinski definition) is 20. The molecule has 13 rings (SSSR count). The zero-order valence-corrected chi connectivity index (χ0v) is 57.4. The lowest BCUT2D eigenvalue weighted by atomic mass is 10.0. The van der Waals surface area contributed by atoms with Crippen molar-refractivity contribution in [1.82, 2.24) is 49.5 Å². The van der Waals surface area contributed by atoms with Gasteiger partial charge in [-0.15, -0.1) is 23.2 Å². The minimum Gasteiger partial charge on any atom is -0.463 e. The minimum absolute atomic E-state index is 0.0201. The van der Waals surface area contributed by atoms with E-state index in [1.54, 1.807) is 4.90 Å². The summed E-state index contributed by atoms with van der Waals surface area (Å²) in [6.07, 6.45) is 9.32. The van der Waals surface area contributed by atoms with E-state index in [0.717, 1.165) is 191 Å². The lowest BCUT2D eigenvalue weighted by Gasteiger charge is -2.38. The quantitative estimate of drug-likeness (QED) is 0.0340. The van der Waals surface area contributed by atoms with Crippen molar-refractivity contribution in [3.05, 3.63) is 156 Å². The predicted molar refractivity (Wildman–Crippen MR) is 378 cm³/mol. The van der Waals surface area contributed by atoms with Crippen molar-refractivity contribution in [3.63, 3.8) is 0 Å². The van der Waals surface area contributed by atoms with Crippen LogP contribution in [0.15, 0.2) is 117 Å². The van der Waals surface area contributed by atoms with Gasteiger partial charge in [-0.1, -0.05) is 55.6 Å². The molecule has 0 radical (unpaired) electrons. The number of piperazine rings is 2. The number of hydrogen-bond donors (Lipinski definition) is 0. The smallest absolute Gasteiger partial charge is 0.410 e. The second-order valence-corrected chi connectivity index (χ2v) is 25.2. The van der Waals surface area contributed by atoms with E-state index < -0.39 is 5.24 Å². The van der Waals surface area contributed by atoms with Gasteiger partial charge in [0.1, 0.15) is 18.2 Å². The van der Waals surface area contributed by atoms with Crippen LogP contribution in [0, 0.1) is 13.8 Å². The van der Waals surface area contributed by atoms with Crippen LogP contribution in [0.25, 0.3) is 21.8 Å². The van der Waals surface area contributed by atoms with Gasteiger partial charge in [0.2, 0.25) is 11.1 Å². The molecule has 7 aromatic rings. The Morgan fingerprint density at radius 3 is 1.44 bits per heavy atom. The topological polar surface area (TPSA) is 201 Å². The standard InChI is InChI=1S/C36H43N7O4.C31H39N7O3.C3H3ClO.CH2Cl2/c1-27-23-29-9-5-11-37-33(29)32(24-27)43-13-10-30-31(25-43)38-35(46-20-6-12-40-18-21-45-22-19-40)39-34(30)41-14-16-42(17-15-41)36(44)47-26-28-7-3-2-4-8-28;1-3-28(39)36-11-13-37(14-12-36)30-25-7-10-38(27-21-23(2)20-24-6-4-8-32-29(24)27)22-26(25)33-31(34-30)41-17-5-9-35-15-18-40-19-16-35;1-2-3(4)5;2-1-3/h2-5,7-9,11,23-24H,6,10,12-22,25-26H2,1H3;3-4,6,8,20-21H,1,5,7,9-19,22H2,2H3;2H,1H2;1H2. The van der Waals surface area contributed by atoms with E-state index in [2.05, 4.69) is 92.8 Å². The summed E-state index contributed by atoms with van der Waals surface area (Å²) in [6.45, 7) is 29.5. The SMILES string of the molecule is C=CC(=O)Cl.C=CC(=O)N1CCN(c2nc(OCCCN3CCOCC3)nc3c2CCN(c2cc(C)cc4cccnc24)C3)CC1.Cc1cc(N2CCc3c(nc(OCCCN4CCOCC4)nc3N3CCN(C(=O)OCc4ccccc4)CC3)C2)c2ncccc2c1.ClCCl. The van der Waals surface area contributed by atoms with Gasteiger partial charge in [-0.05, 0) is 116 Å². The molecule has 0 bridgehead atoms. The van der Waals surface area contributed by atoms with Crippen molar-refractivity contribution in [2.75, 3.05) is 169 Å². The van der Waals surface area contributed by atoms with Gasteiger partial charge in [0.15, 0.2) is 0 Å². The number of aryl methyl sites for hydroxylation is 2. The van der Waals surface area contributed by atoms with Crippen LogP contribution in [0.5, 0.6) is 12.0 Å². The highest BCUT2D eigenvalue weighted by molar-refractivity contribution is 6.66. The number of alkyl halides is 2. The van der Waals surface area contributed by atoms with E-state index >= 15 is 0 Å². The molecular weight excluding hydrogens is 1280 g/mol. The number of amides is 2. The Labute approximate surface area is 577 Å². The van der Waals surface area contributed by atoms with Gasteiger partial charge in [-0.2, -0.15) is 19.9 Å². The zero-order valence-electron chi connectivity index (χ0n) is 55.1. The maximum absolute atomic E-state index is 12.9. The zero-order chi connectivity index (χ0) is 67.2. The summed E-state index contributed by atoms with van der Waals surface area (Å²) in [5.41, 5.74) is 12.0. The third kappa shape index (κ3) is 19.4. The van der Waals surface area contributed by atoms with Crippen LogP contribution in [0.4, 0.5) is 27.8 Å². The summed E-state index contributed by atoms with van der Waals surface area (Å²) >= 11 is 14.2. The highest BCUT2D eigenvalue weighted by Crippen LogP contribution is 2.37. The Hall–Kier alpha value is -7.96. The van der Waals surface area contributed by atoms with Gasteiger partial charge in [0.05, 0.1) is 91.9 Å². The maximum Gasteiger partial charge on any atom is 0.410 e. The van der Waals surface area contributed by atoms with Crippen molar-refractivity contribution in [2.45, 2.75) is 59.2 Å². The first-order valence-corrected chi connectivity index (χ1v) is 34.5. The fourth-order valence-electron chi connectivity index (χ4n) is 12.7. The molecule has 0 unspecified atom stereocenters. The number of pyridine rings is 2. The van der Waals surface area contributed by atoms with E-state index in [4.69, 9.17) is 88.4 Å². The molecule has 6 aliphatic rings. The molecule has 25 heteroatoms. The van der Waals surface area contributed by atoms with Gasteiger partial charge in [0, 0.05) is 139 Å². The molecular formula is C71H87Cl3N14O8. The molecule has 510 valence electrons. The molecule has 22 nitrogen and oxygen atoms in total. The number of halogens is 3. The molecule has 2 amide bonds. The van der Waals surface area contributed by atoms with Gasteiger partial charge in [-0.25, -0.2) is 4.79 Å². The third-order valence-electron chi connectivity index (χ3n) is 17.6. The molecule has 0 aliphatic carbocycles. The Morgan fingerprint density at radius 1 is 0.552 bits per heavy atom. The van der Waals surface area contributed by atoms with Crippen LogP contribution in [0.1, 0.15) is 52.0 Å². The molecule has 4 fully saturated rings. The number of anilines is 4. The number of benzene rings is 3. The summed E-state index contributed by atoms with van der Waals surface area (Å²) < 4.78 is 29.0. The molecule has 4 saturated heterocycles. The summed E-state index contributed by atoms with van der Waals surface area (Å²) in [5, 5.41) is 1.97. The van der Waals surface area contributed by atoms with Crippen molar-refractivity contribution >= 4 is 96.9 Å². The Balaban J connectivity index is 0.000000189. The first kappa shape index (κ1) is 70.8. The lowest BCUT2D eigenvalue weighted by Crippen LogP contribution is -2.49. The number of ether oxygens (including phenoxy) is 5. The second kappa shape index (κ2) is 35.9. The maximum atomic E-state index is 12.9. The first-order valence-electron chi connectivity index (χ1n) is 33.0. The molecule has 4 aromatic heterocycles. The van der Waals surface area contributed by atoms with Crippen LogP contribution >= 0.6 is 34.8 Å². The summed E-state index contributed by atoms with van der Waals surface area (Å²) in [6, 6.07) is 27.7. The largest absolute Gasteiger partial charge is 0.463 e. The van der Waals surface area contributed by atoms with Crippen LogP contribution in [-0.4, -0.2) is 216 Å². The average Bonchev–Trinajstić information content (AvgIpc) is 0.785. The molecule has 0 N–H and O–H groups in total. The molecule has 0 saturated carbocycles. The third-order valence-corrected chi connectivity index (χ3v) is 17.7. The molecule has 96 heavy (non-hydrogen) atoms. The van der Waals surface area contributed by atoms with Gasteiger partial charge in [-0.3, -0.25) is 29.4 Å². The number of carbonyl (C=O) groups excluding carboxylic acids is 3. The number of allylic oxidation sites excluding steroid dienone is 1. The number of fused-ring (bicyclic) bond motifs is 4. The molecule has 0 spiro atoms. The fourth-order valence-corrected chi connectivity index (χ4v) is 12.7. The van der Waals surface area contributed by atoms with Crippen molar-refractivity contribution in [2.24, 2.45) is 0 Å². The number of morpholine rings is 2. The van der Waals surface area contributed by atoms with E-state index in [1.165, 1.54) is 22.8 Å². The monoisotopic (exact) mass is 1370 g/mol. The van der Waals surface area contributed by atoms with Gasteiger partial charge < -0.3 is 53.1 Å². The Bertz CT molecular complexity index is 3740. The fraction of sp³-hybridized carbons (Fsp3) is 0.451. The van der Waals surface area contributed by atoms with E-state index in [9.17, 15) is 14.4 Å². The van der Waals surface area contributed by atoms with Crippen LogP contribution < -0.4 is 29.1 Å². The number of nitrogens with zero attached hydrogens (tertiary/aromatic N) is 14. The van der Waals surface area contributed by atoms with Crippen LogP contribution in [-0.2, 0) is 56.3 Å². The first-order chi connectivity index (χ1) is 46.9. The number of carbonyl (C=O) groups is 3. The van der Waals surface area contributed by atoms with Crippen molar-refractivity contribution < 1.29 is 38.1 Å². The second-order valence-electron chi connectivity index (χ2n) is 24.0. The summed E-state index contributed by atoms with van der Waals surface area (Å²) in [7, 11) is 0. The van der Waals surface area contributed by atoms with Gasteiger partial charge >= 0.3 is 18.1 Å². The Morgan fingerprint density at radius 2 is 1.00 bits per heavy atom. The summed E-state index contributed by atoms with van der Waals surface area (Å²) in [4.78, 5) is 81.6. The molecule has 0 atom stereocenters. The number of aromatic nitrogens is 6. The number of rotatable bonds is 18. The highest BCUT2D eigenvalue weighted by atomic mass is 35.5. The Kier molecular flexibility index (Phi) is 26.5. The highest BCUT2D eigenvalue weighted by Gasteiger charge is 2.32. The van der Waals surface area contributed by atoms with E-state index in [1.807, 2.05) is 59.8 Å². The normalized spacial score (nSPS) is 16.6. The molecule has 3 aromatic carbocycles. The van der Waals surface area contributed by atoms with E-state index in [-0.39, 0.29) is 23.9 Å². The van der Waals surface area contributed by atoms with Crippen LogP contribution in [0.3, 0.4) is 0 Å². The average molecular weight is 1370 g/mol. The van der Waals surface area contributed by atoms with Crippen molar-refractivity contribution in [3.8, 4) is 12.0 Å². The van der Waals surface area contributed by atoms with Crippen LogP contribution in [0.2, 0.25) is 0 Å². The molecule has 10 heterocycles. The summed E-state index contributed by atoms with van der Waals surface area (Å²) in [5.74, 6) is 1.84. The van der Waals surface area contributed by atoms with E-state index in [0.29, 0.717) is 77.6 Å². The van der Waals surface area contributed by atoms with Crippen molar-refractivity contribution in [1.29, 1.82) is 0 Å². The minimum atomic E-state index is -0.509. The van der Waals surface area contributed by atoms with Gasteiger partial charge in [0.25, 0.3) is 0 Å². The lowest BCUT2D eigenvalue weighted by molar-refractivity contribution is -0.126.